The zero-order valence-electron chi connectivity index (χ0n) is 15.5. The van der Waals surface area contributed by atoms with E-state index in [0.717, 1.165) is 0 Å². The zero-order valence-corrected chi connectivity index (χ0v) is 15.5. The summed E-state index contributed by atoms with van der Waals surface area (Å²) in [6.45, 7) is 9.37. The maximum atomic E-state index is 2.61. The first-order valence-corrected chi connectivity index (χ1v) is 10.0. The number of nitrogens with zero attached hydrogens (tertiary/aromatic N) is 2. The number of unbranched alkanes of at least 4 members (excludes halogenated alkanes) is 8. The molecule has 0 aliphatic carbocycles. The summed E-state index contributed by atoms with van der Waals surface area (Å²) >= 11 is 0. The molecule has 130 valence electrons. The predicted octanol–water partition coefficient (Wildman–Crippen LogP) is 6.14. The normalized spacial score (nSPS) is 15.2. The Labute approximate surface area is 139 Å². The molecule has 0 fully saturated rings. The van der Waals surface area contributed by atoms with Gasteiger partial charge in [-0.3, -0.25) is 0 Å². The summed E-state index contributed by atoms with van der Waals surface area (Å²) in [5.41, 5.74) is 0. The Hall–Kier alpha value is -0.660. The summed E-state index contributed by atoms with van der Waals surface area (Å²) in [6, 6.07) is 0. The number of rotatable bonds is 14. The van der Waals surface area contributed by atoms with Crippen molar-refractivity contribution in [2.45, 2.75) is 104 Å². The molecule has 0 radical (unpaired) electrons. The highest BCUT2D eigenvalue weighted by molar-refractivity contribution is 4.96. The third-order valence-electron chi connectivity index (χ3n) is 4.82. The van der Waals surface area contributed by atoms with Crippen LogP contribution in [0.3, 0.4) is 0 Å². The van der Waals surface area contributed by atoms with Crippen LogP contribution in [0.5, 0.6) is 0 Å². The van der Waals surface area contributed by atoms with Gasteiger partial charge in [-0.25, -0.2) is 0 Å². The van der Waals surface area contributed by atoms with Crippen molar-refractivity contribution >= 4 is 0 Å². The fourth-order valence-electron chi connectivity index (χ4n) is 3.36. The lowest BCUT2D eigenvalue weighted by atomic mass is 10.1. The highest BCUT2D eigenvalue weighted by atomic mass is 15.4. The predicted molar refractivity (Wildman–Crippen MR) is 98.8 cm³/mol. The fraction of sp³-hybridized carbons (Fsp3) is 0.900. The van der Waals surface area contributed by atoms with E-state index in [2.05, 4.69) is 43.0 Å². The van der Waals surface area contributed by atoms with Crippen LogP contribution >= 0.6 is 0 Å². The van der Waals surface area contributed by atoms with Crippen molar-refractivity contribution in [3.05, 3.63) is 12.4 Å². The third-order valence-corrected chi connectivity index (χ3v) is 4.82. The van der Waals surface area contributed by atoms with Gasteiger partial charge in [0.25, 0.3) is 0 Å². The van der Waals surface area contributed by atoms with Gasteiger partial charge in [-0.1, -0.05) is 72.1 Å². The van der Waals surface area contributed by atoms with Gasteiger partial charge in [-0.2, -0.15) is 0 Å². The minimum absolute atomic E-state index is 0.648. The van der Waals surface area contributed by atoms with E-state index in [0.29, 0.717) is 6.17 Å². The van der Waals surface area contributed by atoms with E-state index in [1.807, 2.05) is 0 Å². The van der Waals surface area contributed by atoms with E-state index < -0.39 is 0 Å². The molecule has 0 amide bonds. The van der Waals surface area contributed by atoms with Gasteiger partial charge < -0.3 is 9.80 Å². The Morgan fingerprint density at radius 1 is 0.591 bits per heavy atom. The Kier molecular flexibility index (Phi) is 11.3. The second-order valence-electron chi connectivity index (χ2n) is 6.87. The molecule has 22 heavy (non-hydrogen) atoms. The van der Waals surface area contributed by atoms with Gasteiger partial charge in [-0.15, -0.1) is 0 Å². The Bertz CT molecular complexity index is 255. The summed E-state index contributed by atoms with van der Waals surface area (Å²) in [4.78, 5) is 5.23. The molecule has 1 rings (SSSR count). The first-order chi connectivity index (χ1) is 10.8. The van der Waals surface area contributed by atoms with E-state index in [9.17, 15) is 0 Å². The SMILES string of the molecule is CCCCCCCC1N(CCCCC)C=CN1CCCCC. The highest BCUT2D eigenvalue weighted by Crippen LogP contribution is 2.23. The average molecular weight is 309 g/mol. The molecule has 0 saturated carbocycles. The van der Waals surface area contributed by atoms with Crippen molar-refractivity contribution in [1.82, 2.24) is 9.80 Å². The first kappa shape index (κ1) is 19.4. The van der Waals surface area contributed by atoms with Gasteiger partial charge in [0, 0.05) is 25.5 Å². The van der Waals surface area contributed by atoms with Gasteiger partial charge in [0.15, 0.2) is 0 Å². The molecule has 0 aromatic heterocycles. The van der Waals surface area contributed by atoms with Crippen LogP contribution in [0.2, 0.25) is 0 Å². The number of hydrogen-bond acceptors (Lipinski definition) is 2. The molecule has 1 aliphatic rings. The van der Waals surface area contributed by atoms with Gasteiger partial charge in [0.2, 0.25) is 0 Å². The molecular formula is C20H40N2. The van der Waals surface area contributed by atoms with Gasteiger partial charge >= 0.3 is 0 Å². The molecule has 1 aliphatic heterocycles. The molecule has 0 N–H and O–H groups in total. The van der Waals surface area contributed by atoms with E-state index in [1.54, 1.807) is 0 Å². The van der Waals surface area contributed by atoms with Gasteiger partial charge in [0.1, 0.15) is 6.17 Å². The second kappa shape index (κ2) is 12.8. The summed E-state index contributed by atoms with van der Waals surface area (Å²) in [5, 5.41) is 0. The molecule has 0 bridgehead atoms. The minimum atomic E-state index is 0.648. The number of hydrogen-bond donors (Lipinski definition) is 0. The van der Waals surface area contributed by atoms with Crippen molar-refractivity contribution in [3.63, 3.8) is 0 Å². The molecule has 2 nitrogen and oxygen atoms in total. The Balaban J connectivity index is 2.36. The molecule has 2 heteroatoms. The monoisotopic (exact) mass is 308 g/mol. The van der Waals surface area contributed by atoms with Crippen molar-refractivity contribution in [2.75, 3.05) is 13.1 Å². The summed E-state index contributed by atoms with van der Waals surface area (Å²) in [6.07, 6.45) is 21.7. The lowest BCUT2D eigenvalue weighted by Crippen LogP contribution is -2.39. The fourth-order valence-corrected chi connectivity index (χ4v) is 3.36. The minimum Gasteiger partial charge on any atom is -0.356 e. The quantitative estimate of drug-likeness (QED) is 0.355. The smallest absolute Gasteiger partial charge is 0.101 e. The maximum absolute atomic E-state index is 2.61. The summed E-state index contributed by atoms with van der Waals surface area (Å²) in [5.74, 6) is 0. The van der Waals surface area contributed by atoms with Crippen molar-refractivity contribution in [2.24, 2.45) is 0 Å². The zero-order chi connectivity index (χ0) is 16.0. The molecule has 0 unspecified atom stereocenters. The van der Waals surface area contributed by atoms with Crippen molar-refractivity contribution < 1.29 is 0 Å². The second-order valence-corrected chi connectivity index (χ2v) is 6.87. The molecular weight excluding hydrogens is 268 g/mol. The van der Waals surface area contributed by atoms with Crippen LogP contribution in [0, 0.1) is 0 Å². The highest BCUT2D eigenvalue weighted by Gasteiger charge is 2.24. The van der Waals surface area contributed by atoms with E-state index in [1.165, 1.54) is 90.1 Å². The molecule has 0 aromatic carbocycles. The van der Waals surface area contributed by atoms with E-state index >= 15 is 0 Å². The largest absolute Gasteiger partial charge is 0.356 e. The van der Waals surface area contributed by atoms with E-state index in [4.69, 9.17) is 0 Å². The molecule has 1 heterocycles. The van der Waals surface area contributed by atoms with Crippen LogP contribution in [0.1, 0.15) is 97.8 Å². The van der Waals surface area contributed by atoms with Gasteiger partial charge in [-0.05, 0) is 25.7 Å². The van der Waals surface area contributed by atoms with Crippen molar-refractivity contribution in [1.29, 1.82) is 0 Å². The van der Waals surface area contributed by atoms with Crippen LogP contribution < -0.4 is 0 Å². The van der Waals surface area contributed by atoms with Crippen LogP contribution in [0.25, 0.3) is 0 Å². The molecule has 0 saturated heterocycles. The van der Waals surface area contributed by atoms with Crippen LogP contribution in [-0.4, -0.2) is 29.1 Å². The van der Waals surface area contributed by atoms with Gasteiger partial charge in [0.05, 0.1) is 0 Å². The van der Waals surface area contributed by atoms with E-state index in [-0.39, 0.29) is 0 Å². The lowest BCUT2D eigenvalue weighted by Gasteiger charge is -2.33. The first-order valence-electron chi connectivity index (χ1n) is 10.0. The molecule has 0 atom stereocenters. The Morgan fingerprint density at radius 2 is 1.05 bits per heavy atom. The van der Waals surface area contributed by atoms with Crippen molar-refractivity contribution in [3.8, 4) is 0 Å². The maximum Gasteiger partial charge on any atom is 0.101 e. The average Bonchev–Trinajstić information content (AvgIpc) is 2.90. The standard InChI is InChI=1S/C20H40N2/c1-4-7-10-11-12-15-20-21(16-13-8-5-2)18-19-22(20)17-14-9-6-3/h18-20H,4-17H2,1-3H3. The summed E-state index contributed by atoms with van der Waals surface area (Å²) < 4.78 is 0. The van der Waals surface area contributed by atoms with Crippen LogP contribution in [-0.2, 0) is 0 Å². The van der Waals surface area contributed by atoms with Crippen LogP contribution in [0.4, 0.5) is 0 Å². The topological polar surface area (TPSA) is 6.48 Å². The lowest BCUT2D eigenvalue weighted by molar-refractivity contribution is 0.136. The van der Waals surface area contributed by atoms with Crippen LogP contribution in [0.15, 0.2) is 12.4 Å². The molecule has 0 spiro atoms. The molecule has 0 aromatic rings. The third kappa shape index (κ3) is 7.56. The Morgan fingerprint density at radius 3 is 1.55 bits per heavy atom. The summed E-state index contributed by atoms with van der Waals surface area (Å²) in [7, 11) is 0.